The van der Waals surface area contributed by atoms with Gasteiger partial charge in [0.25, 0.3) is 0 Å². The van der Waals surface area contributed by atoms with Gasteiger partial charge in [0.2, 0.25) is 0 Å². The SMILES string of the molecule is CC(C)(C)C[C@H](O)C(F)(F)F. The molecule has 1 atom stereocenters. The summed E-state index contributed by atoms with van der Waals surface area (Å²) in [5, 5.41) is 8.60. The third-order valence-corrected chi connectivity index (χ3v) is 1.18. The molecule has 0 saturated carbocycles. The van der Waals surface area contributed by atoms with Gasteiger partial charge in [-0.25, -0.2) is 0 Å². The summed E-state index contributed by atoms with van der Waals surface area (Å²) in [6, 6.07) is 0. The van der Waals surface area contributed by atoms with Crippen LogP contribution < -0.4 is 0 Å². The molecule has 0 bridgehead atoms. The maximum Gasteiger partial charge on any atom is 0.414 e. The second-order valence-electron chi connectivity index (χ2n) is 3.82. The third kappa shape index (κ3) is 5.07. The Bertz CT molecular complexity index is 123. The zero-order valence-corrected chi connectivity index (χ0v) is 6.87. The van der Waals surface area contributed by atoms with E-state index in [0.717, 1.165) is 0 Å². The first-order chi connectivity index (χ1) is 4.63. The summed E-state index contributed by atoms with van der Waals surface area (Å²) in [5.41, 5.74) is -0.491. The van der Waals surface area contributed by atoms with Gasteiger partial charge < -0.3 is 5.11 Å². The normalized spacial score (nSPS) is 16.6. The molecule has 1 N–H and O–H groups in total. The lowest BCUT2D eigenvalue weighted by molar-refractivity contribution is -0.211. The first-order valence-electron chi connectivity index (χ1n) is 3.38. The molecule has 0 saturated heterocycles. The molecule has 0 aromatic heterocycles. The summed E-state index contributed by atoms with van der Waals surface area (Å²) >= 11 is 0. The molecule has 0 radical (unpaired) electrons. The fourth-order valence-electron chi connectivity index (χ4n) is 0.696. The van der Waals surface area contributed by atoms with Crippen LogP contribution in [0.1, 0.15) is 27.2 Å². The van der Waals surface area contributed by atoms with Gasteiger partial charge in [-0.1, -0.05) is 20.8 Å². The molecule has 0 aromatic carbocycles. The van der Waals surface area contributed by atoms with Crippen molar-refractivity contribution in [2.24, 2.45) is 5.41 Å². The van der Waals surface area contributed by atoms with Crippen LogP contribution in [0.3, 0.4) is 0 Å². The summed E-state index contributed by atoms with van der Waals surface area (Å²) in [4.78, 5) is 0. The van der Waals surface area contributed by atoms with Crippen molar-refractivity contribution in [2.45, 2.75) is 39.5 Å². The Kier molecular flexibility index (Phi) is 2.94. The number of halogens is 3. The lowest BCUT2D eigenvalue weighted by atomic mass is 9.89. The second kappa shape index (κ2) is 3.01. The highest BCUT2D eigenvalue weighted by Crippen LogP contribution is 2.30. The van der Waals surface area contributed by atoms with Crippen molar-refractivity contribution >= 4 is 0 Å². The molecule has 4 heteroatoms. The van der Waals surface area contributed by atoms with Crippen LogP contribution in [0, 0.1) is 5.41 Å². The van der Waals surface area contributed by atoms with E-state index in [1.54, 1.807) is 20.8 Å². The zero-order chi connectivity index (χ0) is 9.28. The number of alkyl halides is 3. The number of rotatable bonds is 1. The van der Waals surface area contributed by atoms with Crippen LogP contribution in [0.5, 0.6) is 0 Å². The first-order valence-corrected chi connectivity index (χ1v) is 3.38. The Morgan fingerprint density at radius 1 is 1.18 bits per heavy atom. The predicted molar refractivity (Wildman–Crippen MR) is 36.1 cm³/mol. The molecule has 0 spiro atoms. The van der Waals surface area contributed by atoms with Crippen LogP contribution in [0.2, 0.25) is 0 Å². The number of aliphatic hydroxyl groups is 1. The van der Waals surface area contributed by atoms with Crippen molar-refractivity contribution in [3.8, 4) is 0 Å². The Labute approximate surface area is 64.2 Å². The van der Waals surface area contributed by atoms with Crippen LogP contribution >= 0.6 is 0 Å². The lowest BCUT2D eigenvalue weighted by Gasteiger charge is -2.23. The van der Waals surface area contributed by atoms with Crippen molar-refractivity contribution < 1.29 is 18.3 Å². The highest BCUT2D eigenvalue weighted by molar-refractivity contribution is 4.73. The van der Waals surface area contributed by atoms with E-state index in [2.05, 4.69) is 0 Å². The van der Waals surface area contributed by atoms with Gasteiger partial charge in [-0.15, -0.1) is 0 Å². The van der Waals surface area contributed by atoms with Crippen LogP contribution in [0.15, 0.2) is 0 Å². The van der Waals surface area contributed by atoms with Gasteiger partial charge in [-0.3, -0.25) is 0 Å². The largest absolute Gasteiger partial charge is 0.414 e. The lowest BCUT2D eigenvalue weighted by Crippen LogP contribution is -2.32. The van der Waals surface area contributed by atoms with Crippen LogP contribution in [-0.2, 0) is 0 Å². The van der Waals surface area contributed by atoms with E-state index in [-0.39, 0.29) is 6.42 Å². The van der Waals surface area contributed by atoms with Crippen molar-refractivity contribution in [2.75, 3.05) is 0 Å². The minimum atomic E-state index is -4.48. The standard InChI is InChI=1S/C7H13F3O/c1-6(2,3)4-5(11)7(8,9)10/h5,11H,4H2,1-3H3/t5-/m0/s1. The number of hydrogen-bond donors (Lipinski definition) is 1. The van der Waals surface area contributed by atoms with Gasteiger partial charge in [-0.2, -0.15) is 13.2 Å². The Morgan fingerprint density at radius 2 is 1.55 bits per heavy atom. The van der Waals surface area contributed by atoms with Crippen LogP contribution in [0.25, 0.3) is 0 Å². The van der Waals surface area contributed by atoms with E-state index in [9.17, 15) is 13.2 Å². The van der Waals surface area contributed by atoms with E-state index >= 15 is 0 Å². The highest BCUT2D eigenvalue weighted by Gasteiger charge is 2.40. The quantitative estimate of drug-likeness (QED) is 0.640. The summed E-state index contributed by atoms with van der Waals surface area (Å²) in [5.74, 6) is 0. The Balaban J connectivity index is 3.99. The second-order valence-corrected chi connectivity index (χ2v) is 3.82. The molecule has 0 aliphatic rings. The highest BCUT2D eigenvalue weighted by atomic mass is 19.4. The average Bonchev–Trinajstić information content (AvgIpc) is 1.56. The molecular formula is C7H13F3O. The maximum absolute atomic E-state index is 11.7. The van der Waals surface area contributed by atoms with Gasteiger partial charge in [0.05, 0.1) is 0 Å². The zero-order valence-electron chi connectivity index (χ0n) is 6.87. The van der Waals surface area contributed by atoms with Crippen LogP contribution in [-0.4, -0.2) is 17.4 Å². The van der Waals surface area contributed by atoms with Gasteiger partial charge in [0.15, 0.2) is 0 Å². The minimum Gasteiger partial charge on any atom is -0.384 e. The Morgan fingerprint density at radius 3 is 1.64 bits per heavy atom. The molecule has 0 aliphatic carbocycles. The number of aliphatic hydroxyl groups excluding tert-OH is 1. The monoisotopic (exact) mass is 170 g/mol. The Hall–Kier alpha value is -0.250. The molecule has 0 aromatic rings. The van der Waals surface area contributed by atoms with Crippen molar-refractivity contribution in [3.63, 3.8) is 0 Å². The van der Waals surface area contributed by atoms with Crippen molar-refractivity contribution in [3.05, 3.63) is 0 Å². The fourth-order valence-corrected chi connectivity index (χ4v) is 0.696. The topological polar surface area (TPSA) is 20.2 Å². The van der Waals surface area contributed by atoms with Gasteiger partial charge in [0.1, 0.15) is 6.10 Å². The predicted octanol–water partition coefficient (Wildman–Crippen LogP) is 2.35. The molecule has 11 heavy (non-hydrogen) atoms. The summed E-state index contributed by atoms with van der Waals surface area (Å²) in [6.45, 7) is 4.96. The summed E-state index contributed by atoms with van der Waals surface area (Å²) in [6.07, 6.45) is -6.92. The van der Waals surface area contributed by atoms with Crippen molar-refractivity contribution in [1.29, 1.82) is 0 Å². The molecule has 0 unspecified atom stereocenters. The summed E-state index contributed by atoms with van der Waals surface area (Å²) in [7, 11) is 0. The van der Waals surface area contributed by atoms with E-state index in [1.807, 2.05) is 0 Å². The van der Waals surface area contributed by atoms with E-state index < -0.39 is 17.7 Å². The first kappa shape index (κ1) is 10.8. The molecule has 0 aliphatic heterocycles. The average molecular weight is 170 g/mol. The van der Waals surface area contributed by atoms with Gasteiger partial charge in [0, 0.05) is 0 Å². The van der Waals surface area contributed by atoms with E-state index in [4.69, 9.17) is 5.11 Å². The molecular weight excluding hydrogens is 157 g/mol. The third-order valence-electron chi connectivity index (χ3n) is 1.18. The maximum atomic E-state index is 11.7. The number of hydrogen-bond acceptors (Lipinski definition) is 1. The molecule has 0 rings (SSSR count). The van der Waals surface area contributed by atoms with Crippen LogP contribution in [0.4, 0.5) is 13.2 Å². The van der Waals surface area contributed by atoms with Crippen molar-refractivity contribution in [1.82, 2.24) is 0 Å². The smallest absolute Gasteiger partial charge is 0.384 e. The minimum absolute atomic E-state index is 0.253. The molecule has 68 valence electrons. The van der Waals surface area contributed by atoms with Gasteiger partial charge >= 0.3 is 6.18 Å². The fraction of sp³-hybridized carbons (Fsp3) is 1.00. The van der Waals surface area contributed by atoms with Gasteiger partial charge in [-0.05, 0) is 11.8 Å². The van der Waals surface area contributed by atoms with E-state index in [1.165, 1.54) is 0 Å². The molecule has 1 nitrogen and oxygen atoms in total. The molecule has 0 fully saturated rings. The molecule has 0 amide bonds. The van der Waals surface area contributed by atoms with E-state index in [0.29, 0.717) is 0 Å². The molecule has 0 heterocycles. The summed E-state index contributed by atoms with van der Waals surface area (Å²) < 4.78 is 35.2.